The summed E-state index contributed by atoms with van der Waals surface area (Å²) in [5, 5.41) is 1.54. The summed E-state index contributed by atoms with van der Waals surface area (Å²) in [5.74, 6) is -3.36. The maximum Gasteiger partial charge on any atom is 0.330 e. The molecule has 0 aliphatic carbocycles. The Morgan fingerprint density at radius 1 is 0.341 bits per heavy atom. The molecular weight excluding hydrogens is 1420 g/mol. The second-order valence-electron chi connectivity index (χ2n) is 16.3. The molecule has 0 spiro atoms. The lowest BCUT2D eigenvalue weighted by Gasteiger charge is -2.13. The number of likely N-dealkylation sites (N-methyl/N-ethyl adjacent to an activating group) is 1. The summed E-state index contributed by atoms with van der Waals surface area (Å²) >= 11 is 43.0. The number of thiocarbonyl (C=S) groups is 7. The summed E-state index contributed by atoms with van der Waals surface area (Å²) in [5.41, 5.74) is 0. The fourth-order valence-electron chi connectivity index (χ4n) is 5.74. The van der Waals surface area contributed by atoms with E-state index in [0.29, 0.717) is 53.6 Å². The number of thioether (sulfide) groups is 7. The van der Waals surface area contributed by atoms with Gasteiger partial charge in [-0.2, -0.15) is 0 Å². The topological polar surface area (TPSA) is 272 Å². The standard InChI is InChI=1S/C8H9NO3S.C8H9NO2S2.C8H9NOS3.C7H7NO4S.C7H7NO3S2.C7H7NO2S3.C6H7NOS2/c3*1-3-6-7(11)9(4-5(2)10)8(12)13-6;1-3-5-6(10)8(7(11)13-5)12-4(2)9;1-3-5-6(10)8(7(12)13-5)11-4(2)9;1-3-5-6(11)8(7(12)13-5)10-4(2)9;1-3-4-5(8)7(2)6(9)10-4/h3*3H,4H2,1-2H3;3*3H,1-2H3;3H,1-2H3/b2*6-3+;6-3-;3*5-3+;4-3-. The highest BCUT2D eigenvalue weighted by Gasteiger charge is 2.39. The molecule has 7 rings (SSSR count). The third kappa shape index (κ3) is 24.6. The average Bonchev–Trinajstić information content (AvgIpc) is 4.36. The number of ketones is 3. The van der Waals surface area contributed by atoms with Crippen molar-refractivity contribution in [3.05, 3.63) is 76.9 Å². The van der Waals surface area contributed by atoms with Crippen molar-refractivity contribution >= 4 is 275 Å². The van der Waals surface area contributed by atoms with Crippen LogP contribution >= 0.6 is 168 Å². The minimum atomic E-state index is -0.695. The van der Waals surface area contributed by atoms with Gasteiger partial charge in [0.2, 0.25) is 0 Å². The molecule has 37 heteroatoms. The van der Waals surface area contributed by atoms with E-state index in [4.69, 9.17) is 90.4 Å². The van der Waals surface area contributed by atoms with Gasteiger partial charge in [0.25, 0.3) is 28.9 Å². The second-order valence-corrected chi connectivity index (χ2v) is 27.5. The molecule has 7 heterocycles. The van der Waals surface area contributed by atoms with Crippen LogP contribution in [0.4, 0.5) is 9.59 Å². The van der Waals surface area contributed by atoms with Gasteiger partial charge in [-0.25, -0.2) is 14.4 Å². The Morgan fingerprint density at radius 3 is 1.00 bits per heavy atom. The van der Waals surface area contributed by atoms with Crippen molar-refractivity contribution in [1.82, 2.24) is 34.8 Å². The maximum atomic E-state index is 11.5. The minimum absolute atomic E-state index is 0.0116. The SMILES string of the molecule is C/C=C1/SC(=O)N(CC(C)=O)C1=O.C/C=C1/SC(=O)N(OC(C)=O)C1=O.C/C=C1/SC(=S)N(CC(C)=O)C1=O.C/C=C1/SC(=S)N(OC(C)=O)C1=O.C/C=C1/SC(=S)N(OC(C)=O)C1=S.C/C=C1\SC(=S)N(C)C1=O.C/C=C1\SC(=S)N(CC(C)=O)C1=S. The fourth-order valence-corrected chi connectivity index (χ4v) is 13.8. The number of Topliss-reactive ketones (excluding diaryl/α,β-unsaturated/α-hetero) is 3. The Hall–Kier alpha value is -5.03. The van der Waals surface area contributed by atoms with E-state index in [1.807, 2.05) is 32.9 Å². The Balaban J connectivity index is 0.000000514. The Bertz CT molecular complexity index is 2780. The smallest absolute Gasteiger partial charge is 0.330 e. The van der Waals surface area contributed by atoms with E-state index < -0.39 is 29.1 Å². The average molecular weight is 1470 g/mol. The summed E-state index contributed by atoms with van der Waals surface area (Å²) in [6.07, 6.45) is 11.9. The van der Waals surface area contributed by atoms with Crippen LogP contribution in [0.2, 0.25) is 0 Å². The minimum Gasteiger partial charge on any atom is -0.334 e. The molecule has 0 aromatic rings. The lowest BCUT2D eigenvalue weighted by Crippen LogP contribution is -2.32. The van der Waals surface area contributed by atoms with E-state index in [2.05, 4.69) is 9.68 Å². The third-order valence-corrected chi connectivity index (χ3v) is 20.0. The van der Waals surface area contributed by atoms with Crippen LogP contribution in [0.25, 0.3) is 0 Å². The van der Waals surface area contributed by atoms with Crippen LogP contribution in [0.5, 0.6) is 0 Å². The summed E-state index contributed by atoms with van der Waals surface area (Å²) in [7, 11) is 1.69. The van der Waals surface area contributed by atoms with Gasteiger partial charge in [-0.3, -0.25) is 62.6 Å². The molecule has 0 N–H and O–H groups in total. The van der Waals surface area contributed by atoms with Crippen molar-refractivity contribution in [2.45, 2.75) is 90.0 Å². The number of carbonyl (C=O) groups excluding carboxylic acids is 13. The zero-order valence-electron chi connectivity index (χ0n) is 49.0. The largest absolute Gasteiger partial charge is 0.334 e. The van der Waals surface area contributed by atoms with E-state index in [1.54, 1.807) is 63.9 Å². The van der Waals surface area contributed by atoms with Gasteiger partial charge in [-0.15, -0.1) is 10.1 Å². The first-order valence-electron chi connectivity index (χ1n) is 24.5. The molecular formula is C51H55N7O16S14. The number of rotatable bonds is 9. The molecule has 0 saturated carbocycles. The first-order valence-corrected chi connectivity index (χ1v) is 33.1. The van der Waals surface area contributed by atoms with Crippen molar-refractivity contribution in [2.24, 2.45) is 0 Å². The van der Waals surface area contributed by atoms with Gasteiger partial charge in [-0.1, -0.05) is 167 Å². The Morgan fingerprint density at radius 2 is 0.636 bits per heavy atom. The Labute approximate surface area is 574 Å². The Kier molecular flexibility index (Phi) is 36.1. The van der Waals surface area contributed by atoms with Crippen LogP contribution in [0.1, 0.15) is 90.0 Å². The highest BCUT2D eigenvalue weighted by atomic mass is 32.2. The molecule has 7 aliphatic heterocycles. The van der Waals surface area contributed by atoms with Crippen LogP contribution in [0.15, 0.2) is 76.9 Å². The number of allylic oxidation sites excluding steroid dienone is 7. The number of amides is 7. The van der Waals surface area contributed by atoms with E-state index in [-0.39, 0.29) is 68.5 Å². The summed E-state index contributed by atoms with van der Waals surface area (Å²) in [6.45, 7) is 20.6. The van der Waals surface area contributed by atoms with Crippen molar-refractivity contribution in [2.75, 3.05) is 26.7 Å². The van der Waals surface area contributed by atoms with E-state index in [1.165, 1.54) is 103 Å². The molecule has 0 unspecified atom stereocenters. The fraction of sp³-hybridized carbons (Fsp3) is 0.333. The molecule has 7 amide bonds. The highest BCUT2D eigenvalue weighted by Crippen LogP contribution is 2.35. The molecule has 0 radical (unpaired) electrons. The molecule has 0 atom stereocenters. The van der Waals surface area contributed by atoms with Gasteiger partial charge in [0, 0.05) is 37.6 Å². The number of imide groups is 2. The molecule has 474 valence electrons. The molecule has 7 saturated heterocycles. The van der Waals surface area contributed by atoms with Gasteiger partial charge < -0.3 is 19.4 Å². The van der Waals surface area contributed by atoms with E-state index in [0.717, 1.165) is 66.9 Å². The lowest BCUT2D eigenvalue weighted by molar-refractivity contribution is -0.178. The number of nitrogens with zero attached hydrogens (tertiary/aromatic N) is 7. The number of carbonyl (C=O) groups is 13. The number of hydroxylamine groups is 6. The van der Waals surface area contributed by atoms with Crippen LogP contribution in [-0.4, -0.2) is 168 Å². The third-order valence-electron chi connectivity index (χ3n) is 9.52. The van der Waals surface area contributed by atoms with Crippen molar-refractivity contribution < 1.29 is 76.8 Å². The van der Waals surface area contributed by atoms with Crippen molar-refractivity contribution in [3.8, 4) is 0 Å². The first-order chi connectivity index (χ1) is 41.0. The number of hydrogen-bond donors (Lipinski definition) is 0. The van der Waals surface area contributed by atoms with Gasteiger partial charge in [-0.05, 0) is 117 Å². The molecule has 88 heavy (non-hydrogen) atoms. The number of hydrogen-bond acceptors (Lipinski definition) is 30. The highest BCUT2D eigenvalue weighted by molar-refractivity contribution is 8.28. The van der Waals surface area contributed by atoms with E-state index in [9.17, 15) is 62.3 Å². The zero-order valence-corrected chi connectivity index (χ0v) is 60.5. The van der Waals surface area contributed by atoms with Crippen LogP contribution in [0, 0.1) is 0 Å². The zero-order chi connectivity index (χ0) is 67.8. The summed E-state index contributed by atoms with van der Waals surface area (Å²) in [4.78, 5) is 168. The summed E-state index contributed by atoms with van der Waals surface area (Å²) in [6, 6.07) is 0. The molecule has 7 aliphatic rings. The lowest BCUT2D eigenvalue weighted by atomic mass is 10.4. The predicted molar refractivity (Wildman–Crippen MR) is 374 cm³/mol. The molecule has 23 nitrogen and oxygen atoms in total. The van der Waals surface area contributed by atoms with Crippen LogP contribution in [0.3, 0.4) is 0 Å². The molecule has 0 aromatic carbocycles. The van der Waals surface area contributed by atoms with Gasteiger partial charge >= 0.3 is 29.1 Å². The second kappa shape index (κ2) is 39.3. The van der Waals surface area contributed by atoms with E-state index >= 15 is 0 Å². The maximum absolute atomic E-state index is 11.5. The first kappa shape index (κ1) is 81.0. The van der Waals surface area contributed by atoms with Gasteiger partial charge in [0.15, 0.2) is 13.6 Å². The monoisotopic (exact) mass is 1470 g/mol. The normalized spacial score (nSPS) is 20.3. The van der Waals surface area contributed by atoms with Gasteiger partial charge in [0.05, 0.1) is 44.2 Å². The predicted octanol–water partition coefficient (Wildman–Crippen LogP) is 10.4. The quantitative estimate of drug-likeness (QED) is 0.153. The summed E-state index contributed by atoms with van der Waals surface area (Å²) < 4.78 is 2.47. The van der Waals surface area contributed by atoms with Crippen molar-refractivity contribution in [3.63, 3.8) is 0 Å². The van der Waals surface area contributed by atoms with Crippen LogP contribution in [-0.2, 0) is 67.3 Å². The van der Waals surface area contributed by atoms with Gasteiger partial charge in [0.1, 0.15) is 35.3 Å². The molecule has 7 fully saturated rings. The molecule has 0 bridgehead atoms. The van der Waals surface area contributed by atoms with Crippen LogP contribution < -0.4 is 0 Å². The molecule has 0 aromatic heterocycles. The van der Waals surface area contributed by atoms with Crippen molar-refractivity contribution in [1.29, 1.82) is 0 Å².